The van der Waals surface area contributed by atoms with Crippen molar-refractivity contribution in [2.75, 3.05) is 24.9 Å². The normalized spacial score (nSPS) is 10.8. The zero-order valence-electron chi connectivity index (χ0n) is 18.2. The third-order valence-electron chi connectivity index (χ3n) is 4.98. The van der Waals surface area contributed by atoms with Gasteiger partial charge in [0.1, 0.15) is 21.7 Å². The second-order valence-corrected chi connectivity index (χ2v) is 9.23. The van der Waals surface area contributed by atoms with Crippen molar-refractivity contribution < 1.29 is 14.3 Å². The molecule has 164 valence electrons. The second kappa shape index (κ2) is 10.1. The first kappa shape index (κ1) is 22.2. The van der Waals surface area contributed by atoms with Gasteiger partial charge in [0.25, 0.3) is 5.91 Å². The Kier molecular flexibility index (Phi) is 6.97. The third kappa shape index (κ3) is 4.45. The van der Waals surface area contributed by atoms with Gasteiger partial charge in [-0.1, -0.05) is 60.7 Å². The Morgan fingerprint density at radius 1 is 0.969 bits per heavy atom. The molecule has 0 N–H and O–H groups in total. The molecule has 1 aromatic heterocycles. The van der Waals surface area contributed by atoms with Crippen molar-refractivity contribution in [3.05, 3.63) is 77.9 Å². The number of hydrogen-bond acceptors (Lipinski definition) is 6. The minimum Gasteiger partial charge on any atom is -0.495 e. The maximum absolute atomic E-state index is 13.8. The molecule has 32 heavy (non-hydrogen) atoms. The molecule has 1 heterocycles. The van der Waals surface area contributed by atoms with Gasteiger partial charge in [-0.05, 0) is 35.6 Å². The summed E-state index contributed by atoms with van der Waals surface area (Å²) in [5.41, 5.74) is 2.39. The van der Waals surface area contributed by atoms with Crippen LogP contribution in [-0.2, 0) is 6.54 Å². The summed E-state index contributed by atoms with van der Waals surface area (Å²) in [4.78, 5) is 21.4. The number of aromatic nitrogens is 1. The number of methoxy groups -OCH3 is 2. The topological polar surface area (TPSA) is 51.7 Å². The highest BCUT2D eigenvalue weighted by Gasteiger charge is 2.25. The number of anilines is 1. The largest absolute Gasteiger partial charge is 0.495 e. The summed E-state index contributed by atoms with van der Waals surface area (Å²) in [7, 11) is 3.25. The summed E-state index contributed by atoms with van der Waals surface area (Å²) in [6.07, 6.45) is 0. The molecule has 0 saturated heterocycles. The molecule has 0 unspecified atom stereocenters. The van der Waals surface area contributed by atoms with Crippen LogP contribution < -0.4 is 14.4 Å². The average molecular weight is 465 g/mol. The Morgan fingerprint density at radius 3 is 2.38 bits per heavy atom. The molecule has 4 aromatic rings. The second-order valence-electron chi connectivity index (χ2n) is 6.95. The van der Waals surface area contributed by atoms with Crippen LogP contribution in [0.15, 0.2) is 71.6 Å². The molecule has 0 atom stereocenters. The predicted molar refractivity (Wildman–Crippen MR) is 133 cm³/mol. The van der Waals surface area contributed by atoms with Gasteiger partial charge in [0, 0.05) is 4.90 Å². The lowest BCUT2D eigenvalue weighted by Crippen LogP contribution is -2.30. The van der Waals surface area contributed by atoms with Crippen LogP contribution in [0, 0.1) is 0 Å². The van der Waals surface area contributed by atoms with Crippen molar-refractivity contribution in [1.82, 2.24) is 4.98 Å². The quantitative estimate of drug-likeness (QED) is 0.288. The van der Waals surface area contributed by atoms with Crippen LogP contribution in [0.5, 0.6) is 11.5 Å². The highest BCUT2D eigenvalue weighted by Crippen LogP contribution is 2.41. The van der Waals surface area contributed by atoms with Crippen molar-refractivity contribution >= 4 is 44.4 Å². The average Bonchev–Trinajstić information content (AvgIpc) is 3.28. The van der Waals surface area contributed by atoms with Crippen LogP contribution in [-0.4, -0.2) is 30.9 Å². The molecule has 5 nitrogen and oxygen atoms in total. The Bertz CT molecular complexity index is 1180. The highest BCUT2D eigenvalue weighted by atomic mass is 32.2. The molecule has 0 radical (unpaired) electrons. The fourth-order valence-corrected chi connectivity index (χ4v) is 5.32. The van der Waals surface area contributed by atoms with E-state index in [0.29, 0.717) is 34.3 Å². The number of carbonyl (C=O) groups is 1. The van der Waals surface area contributed by atoms with Gasteiger partial charge in [0.2, 0.25) is 0 Å². The molecule has 0 bridgehead atoms. The number of rotatable bonds is 8. The summed E-state index contributed by atoms with van der Waals surface area (Å²) in [6.45, 7) is 2.50. The van der Waals surface area contributed by atoms with Gasteiger partial charge in [0.15, 0.2) is 5.13 Å². The maximum atomic E-state index is 13.8. The van der Waals surface area contributed by atoms with E-state index in [9.17, 15) is 4.79 Å². The summed E-state index contributed by atoms with van der Waals surface area (Å²) in [5.74, 6) is 2.16. The van der Waals surface area contributed by atoms with E-state index in [-0.39, 0.29) is 5.91 Å². The van der Waals surface area contributed by atoms with Crippen LogP contribution in [0.25, 0.3) is 10.2 Å². The summed E-state index contributed by atoms with van der Waals surface area (Å²) >= 11 is 3.09. The molecule has 3 aromatic carbocycles. The molecule has 0 aliphatic carbocycles. The lowest BCUT2D eigenvalue weighted by Gasteiger charge is -2.21. The molecule has 0 aliphatic heterocycles. The number of carbonyl (C=O) groups excluding carboxylic acids is 1. The van der Waals surface area contributed by atoms with Gasteiger partial charge in [0.05, 0.1) is 26.3 Å². The number of fused-ring (bicyclic) bond motifs is 1. The number of hydrogen-bond donors (Lipinski definition) is 0. The van der Waals surface area contributed by atoms with E-state index in [1.807, 2.05) is 66.7 Å². The first-order valence-electron chi connectivity index (χ1n) is 10.2. The van der Waals surface area contributed by atoms with Crippen molar-refractivity contribution in [2.24, 2.45) is 0 Å². The van der Waals surface area contributed by atoms with E-state index in [2.05, 4.69) is 6.92 Å². The number of thiazole rings is 1. The highest BCUT2D eigenvalue weighted by molar-refractivity contribution is 7.99. The number of nitrogens with zero attached hydrogens (tertiary/aromatic N) is 2. The molecule has 4 rings (SSSR count). The Balaban J connectivity index is 1.84. The molecular weight excluding hydrogens is 440 g/mol. The Hall–Kier alpha value is -3.03. The number of thioether (sulfide) groups is 1. The Labute approximate surface area is 196 Å². The maximum Gasteiger partial charge on any atom is 0.261 e. The van der Waals surface area contributed by atoms with Gasteiger partial charge >= 0.3 is 0 Å². The number of amides is 1. The van der Waals surface area contributed by atoms with E-state index < -0.39 is 0 Å². The SMILES string of the molecule is CCSc1ccccc1C(=O)N(Cc1ccccc1)c1nc2c(OC)ccc(OC)c2s1. The van der Waals surface area contributed by atoms with E-state index >= 15 is 0 Å². The number of ether oxygens (including phenoxy) is 2. The third-order valence-corrected chi connectivity index (χ3v) is 7.02. The van der Waals surface area contributed by atoms with Crippen LogP contribution in [0.3, 0.4) is 0 Å². The van der Waals surface area contributed by atoms with Gasteiger partial charge in [-0.3, -0.25) is 9.69 Å². The molecule has 0 fully saturated rings. The summed E-state index contributed by atoms with van der Waals surface area (Å²) in [6, 6.07) is 21.4. The Morgan fingerprint density at radius 2 is 1.66 bits per heavy atom. The van der Waals surface area contributed by atoms with Gasteiger partial charge in [-0.25, -0.2) is 4.98 Å². The smallest absolute Gasteiger partial charge is 0.261 e. The molecule has 7 heteroatoms. The predicted octanol–water partition coefficient (Wildman–Crippen LogP) is 6.27. The molecule has 0 aliphatic rings. The lowest BCUT2D eigenvalue weighted by molar-refractivity contribution is 0.0982. The van der Waals surface area contributed by atoms with Crippen LogP contribution >= 0.6 is 23.1 Å². The lowest BCUT2D eigenvalue weighted by atomic mass is 10.1. The van der Waals surface area contributed by atoms with E-state index in [1.165, 1.54) is 11.3 Å². The summed E-state index contributed by atoms with van der Waals surface area (Å²) < 4.78 is 11.9. The molecule has 1 amide bonds. The van der Waals surface area contributed by atoms with Crippen LogP contribution in [0.2, 0.25) is 0 Å². The molecular formula is C25H24N2O3S2. The first-order valence-corrected chi connectivity index (χ1v) is 12.1. The van der Waals surface area contributed by atoms with Crippen molar-refractivity contribution in [2.45, 2.75) is 18.4 Å². The van der Waals surface area contributed by atoms with Crippen molar-refractivity contribution in [3.63, 3.8) is 0 Å². The fourth-order valence-electron chi connectivity index (χ4n) is 3.45. The van der Waals surface area contributed by atoms with Gasteiger partial charge in [-0.15, -0.1) is 11.8 Å². The van der Waals surface area contributed by atoms with E-state index in [4.69, 9.17) is 14.5 Å². The van der Waals surface area contributed by atoms with Crippen molar-refractivity contribution in [1.29, 1.82) is 0 Å². The minimum atomic E-state index is -0.0811. The molecule has 0 spiro atoms. The molecule has 0 saturated carbocycles. The van der Waals surface area contributed by atoms with Gasteiger partial charge < -0.3 is 9.47 Å². The fraction of sp³-hybridized carbons (Fsp3) is 0.200. The first-order chi connectivity index (χ1) is 15.7. The van der Waals surface area contributed by atoms with E-state index in [1.54, 1.807) is 30.9 Å². The van der Waals surface area contributed by atoms with Crippen LogP contribution in [0.4, 0.5) is 5.13 Å². The van der Waals surface area contributed by atoms with Crippen LogP contribution in [0.1, 0.15) is 22.8 Å². The minimum absolute atomic E-state index is 0.0811. The van der Waals surface area contributed by atoms with E-state index in [0.717, 1.165) is 20.9 Å². The summed E-state index contributed by atoms with van der Waals surface area (Å²) in [5, 5.41) is 0.605. The van der Waals surface area contributed by atoms with Crippen molar-refractivity contribution in [3.8, 4) is 11.5 Å². The monoisotopic (exact) mass is 464 g/mol. The standard InChI is InChI=1S/C25H24N2O3S2/c1-4-31-21-13-9-8-12-18(21)24(28)27(16-17-10-6-5-7-11-17)25-26-22-19(29-2)14-15-20(30-3)23(22)32-25/h5-15H,4,16H2,1-3H3. The van der Waals surface area contributed by atoms with Gasteiger partial charge in [-0.2, -0.15) is 0 Å². The zero-order chi connectivity index (χ0) is 22.5. The number of benzene rings is 3. The zero-order valence-corrected chi connectivity index (χ0v) is 19.8.